The molecule has 7 heteroatoms. The van der Waals surface area contributed by atoms with Crippen LogP contribution in [0.3, 0.4) is 0 Å². The highest BCUT2D eigenvalue weighted by Gasteiger charge is 2.42. The Morgan fingerprint density at radius 2 is 1.88 bits per heavy atom. The van der Waals surface area contributed by atoms with E-state index >= 15 is 0 Å². The maximum Gasteiger partial charge on any atom is 0.256 e. The molecule has 2 heterocycles. The average molecular weight is 536 g/mol. The third-order valence-electron chi connectivity index (χ3n) is 6.47. The normalized spacial score (nSPS) is 19.8. The second-order valence-corrected chi connectivity index (χ2v) is 11.9. The van der Waals surface area contributed by atoms with Gasteiger partial charge in [0.25, 0.3) is 5.91 Å². The second-order valence-electron chi connectivity index (χ2n) is 9.93. The Kier molecular flexibility index (Phi) is 5.73. The summed E-state index contributed by atoms with van der Waals surface area (Å²) in [6, 6.07) is 14.0. The number of nitrogens with zero attached hydrogens (tertiary/aromatic N) is 1. The number of nitrogens with one attached hydrogen (secondary N) is 2. The number of ketones is 1. The number of aryl methyl sites for hydroxylation is 1. The molecule has 2 aliphatic rings. The maximum atomic E-state index is 13.7. The molecule has 1 aliphatic heterocycles. The summed E-state index contributed by atoms with van der Waals surface area (Å²) in [4.78, 5) is 31.7. The minimum absolute atomic E-state index is 0.104. The van der Waals surface area contributed by atoms with Crippen molar-refractivity contribution in [2.75, 3.05) is 5.32 Å². The zero-order chi connectivity index (χ0) is 24.2. The molecule has 5 nitrogen and oxygen atoms in total. The van der Waals surface area contributed by atoms with E-state index in [0.717, 1.165) is 43.6 Å². The van der Waals surface area contributed by atoms with Crippen LogP contribution in [0.25, 0.3) is 10.2 Å². The first-order chi connectivity index (χ1) is 16.1. The van der Waals surface area contributed by atoms with Gasteiger partial charge in [0.1, 0.15) is 0 Å². The van der Waals surface area contributed by atoms with E-state index in [-0.39, 0.29) is 17.1 Å². The number of benzene rings is 2. The molecular weight excluding hydrogens is 510 g/mol. The van der Waals surface area contributed by atoms with Crippen molar-refractivity contribution in [3.8, 4) is 0 Å². The Morgan fingerprint density at radius 1 is 1.15 bits per heavy atom. The van der Waals surface area contributed by atoms with E-state index in [1.165, 1.54) is 11.3 Å². The molecule has 1 atom stereocenters. The number of anilines is 1. The van der Waals surface area contributed by atoms with E-state index in [1.54, 1.807) is 0 Å². The van der Waals surface area contributed by atoms with Gasteiger partial charge in [-0.3, -0.25) is 14.9 Å². The van der Waals surface area contributed by atoms with E-state index in [2.05, 4.69) is 45.4 Å². The van der Waals surface area contributed by atoms with E-state index in [4.69, 9.17) is 0 Å². The van der Waals surface area contributed by atoms with E-state index < -0.39 is 5.92 Å². The van der Waals surface area contributed by atoms with Crippen molar-refractivity contribution in [1.29, 1.82) is 0 Å². The molecule has 174 valence electrons. The Hall–Kier alpha value is -2.77. The van der Waals surface area contributed by atoms with Crippen LogP contribution in [-0.2, 0) is 9.59 Å². The van der Waals surface area contributed by atoms with Crippen molar-refractivity contribution in [2.24, 2.45) is 5.41 Å². The molecule has 0 fully saturated rings. The number of hydrogen-bond donors (Lipinski definition) is 2. The lowest BCUT2D eigenvalue weighted by atomic mass is 9.68. The van der Waals surface area contributed by atoms with Crippen molar-refractivity contribution in [3.63, 3.8) is 0 Å². The quantitative estimate of drug-likeness (QED) is 0.395. The number of halogens is 1. The first-order valence-corrected chi connectivity index (χ1v) is 12.9. The lowest BCUT2D eigenvalue weighted by Crippen LogP contribution is -2.39. The number of thiazole rings is 1. The minimum atomic E-state index is -0.413. The Labute approximate surface area is 211 Å². The summed E-state index contributed by atoms with van der Waals surface area (Å²) >= 11 is 4.92. The zero-order valence-corrected chi connectivity index (χ0v) is 22.0. The topological polar surface area (TPSA) is 71.1 Å². The SMILES string of the molecule is CC1=C(C(=O)Nc2nc3ccc(Br)cc3s2)C(c2ccc(C)cc2)C2=C(CC(C)(C)CC2=O)N1. The van der Waals surface area contributed by atoms with Crippen LogP contribution in [0.1, 0.15) is 50.7 Å². The van der Waals surface area contributed by atoms with Crippen molar-refractivity contribution in [3.05, 3.63) is 80.6 Å². The van der Waals surface area contributed by atoms with Gasteiger partial charge >= 0.3 is 0 Å². The van der Waals surface area contributed by atoms with Gasteiger partial charge in [-0.2, -0.15) is 0 Å². The Bertz CT molecular complexity index is 1400. The summed E-state index contributed by atoms with van der Waals surface area (Å²) in [6.45, 7) is 8.18. The van der Waals surface area contributed by atoms with Crippen LogP contribution < -0.4 is 10.6 Å². The first kappa shape index (κ1) is 23.0. The molecule has 1 aromatic heterocycles. The van der Waals surface area contributed by atoms with Crippen molar-refractivity contribution in [2.45, 2.75) is 46.5 Å². The van der Waals surface area contributed by atoms with Crippen LogP contribution in [-0.4, -0.2) is 16.7 Å². The number of aromatic nitrogens is 1. The third-order valence-corrected chi connectivity index (χ3v) is 7.89. The molecule has 0 bridgehead atoms. The van der Waals surface area contributed by atoms with Crippen molar-refractivity contribution < 1.29 is 9.59 Å². The van der Waals surface area contributed by atoms with Gasteiger partial charge in [-0.25, -0.2) is 4.98 Å². The summed E-state index contributed by atoms with van der Waals surface area (Å²) in [5.74, 6) is -0.547. The number of rotatable bonds is 3. The summed E-state index contributed by atoms with van der Waals surface area (Å²) < 4.78 is 1.95. The predicted octanol–water partition coefficient (Wildman–Crippen LogP) is 6.61. The first-order valence-electron chi connectivity index (χ1n) is 11.3. The largest absolute Gasteiger partial charge is 0.362 e. The lowest BCUT2D eigenvalue weighted by Gasteiger charge is -2.39. The van der Waals surface area contributed by atoms with Gasteiger partial charge in [-0.05, 0) is 49.4 Å². The maximum absolute atomic E-state index is 13.7. The minimum Gasteiger partial charge on any atom is -0.362 e. The highest BCUT2D eigenvalue weighted by molar-refractivity contribution is 9.10. The molecule has 1 aliphatic carbocycles. The smallest absolute Gasteiger partial charge is 0.256 e. The van der Waals surface area contributed by atoms with Crippen LogP contribution in [0.15, 0.2) is 69.5 Å². The molecule has 34 heavy (non-hydrogen) atoms. The van der Waals surface area contributed by atoms with Gasteiger partial charge in [0.05, 0.1) is 10.2 Å². The van der Waals surface area contributed by atoms with Gasteiger partial charge < -0.3 is 5.32 Å². The van der Waals surface area contributed by atoms with Gasteiger partial charge in [0, 0.05) is 39.4 Å². The number of amides is 1. The van der Waals surface area contributed by atoms with Gasteiger partial charge in [0.2, 0.25) is 0 Å². The third kappa shape index (κ3) is 4.23. The molecule has 2 aromatic carbocycles. The summed E-state index contributed by atoms with van der Waals surface area (Å²) in [5, 5.41) is 6.97. The monoisotopic (exact) mass is 535 g/mol. The molecule has 1 amide bonds. The van der Waals surface area contributed by atoms with Crippen molar-refractivity contribution >= 4 is 54.3 Å². The molecular formula is C27H26BrN3O2S. The number of allylic oxidation sites excluding steroid dienone is 3. The van der Waals surface area contributed by atoms with Gasteiger partial charge in [0.15, 0.2) is 10.9 Å². The van der Waals surface area contributed by atoms with E-state index in [1.807, 2.05) is 56.3 Å². The number of carbonyl (C=O) groups is 2. The van der Waals surface area contributed by atoms with Crippen LogP contribution >= 0.6 is 27.3 Å². The standard InChI is InChI=1S/C27H26BrN3O2S/c1-14-5-7-16(8-6-14)23-22(15(2)29-19-12-27(3,4)13-20(32)24(19)23)25(33)31-26-30-18-10-9-17(28)11-21(18)34-26/h5-11,23,29H,12-13H2,1-4H3,(H,30,31,33). The van der Waals surface area contributed by atoms with Crippen molar-refractivity contribution in [1.82, 2.24) is 10.3 Å². The number of carbonyl (C=O) groups excluding carboxylic acids is 2. The highest BCUT2D eigenvalue weighted by Crippen LogP contribution is 2.46. The fourth-order valence-corrected chi connectivity index (χ4v) is 6.36. The molecule has 1 unspecified atom stereocenters. The molecule has 0 spiro atoms. The number of Topliss-reactive ketones (excluding diaryl/α,β-unsaturated/α-hetero) is 1. The Morgan fingerprint density at radius 3 is 2.62 bits per heavy atom. The molecule has 0 saturated carbocycles. The molecule has 3 aromatic rings. The van der Waals surface area contributed by atoms with Gasteiger partial charge in [-0.15, -0.1) is 0 Å². The van der Waals surface area contributed by atoms with Crippen LogP contribution in [0.2, 0.25) is 0 Å². The molecule has 0 saturated heterocycles. The van der Waals surface area contributed by atoms with Crippen LogP contribution in [0.4, 0.5) is 5.13 Å². The van der Waals surface area contributed by atoms with Gasteiger partial charge in [-0.1, -0.05) is 70.9 Å². The highest BCUT2D eigenvalue weighted by atomic mass is 79.9. The summed E-state index contributed by atoms with van der Waals surface area (Å²) in [6.07, 6.45) is 1.24. The molecule has 0 radical (unpaired) electrons. The molecule has 5 rings (SSSR count). The fraction of sp³-hybridized carbons (Fsp3) is 0.296. The van der Waals surface area contributed by atoms with Crippen LogP contribution in [0, 0.1) is 12.3 Å². The average Bonchev–Trinajstić information content (AvgIpc) is 3.13. The Balaban J connectivity index is 1.57. The summed E-state index contributed by atoms with van der Waals surface area (Å²) in [7, 11) is 0. The number of hydrogen-bond acceptors (Lipinski definition) is 5. The zero-order valence-electron chi connectivity index (χ0n) is 19.6. The van der Waals surface area contributed by atoms with E-state index in [9.17, 15) is 9.59 Å². The lowest BCUT2D eigenvalue weighted by molar-refractivity contribution is -0.118. The summed E-state index contributed by atoms with van der Waals surface area (Å²) in [5.41, 5.74) is 5.79. The van der Waals surface area contributed by atoms with Crippen LogP contribution in [0.5, 0.6) is 0 Å². The number of fused-ring (bicyclic) bond motifs is 1. The number of dihydropyridines is 1. The molecule has 2 N–H and O–H groups in total. The predicted molar refractivity (Wildman–Crippen MR) is 141 cm³/mol. The second kappa shape index (κ2) is 8.47. The fourth-order valence-electron chi connectivity index (χ4n) is 4.95. The van der Waals surface area contributed by atoms with E-state index in [0.29, 0.717) is 22.7 Å².